The maximum absolute atomic E-state index is 13.1. The summed E-state index contributed by atoms with van der Waals surface area (Å²) in [6, 6.07) is 4.76. The molecule has 3 nitrogen and oxygen atoms in total. The molecule has 0 fully saturated rings. The van der Waals surface area contributed by atoms with Crippen LogP contribution in [0.2, 0.25) is 0 Å². The second-order valence-electron chi connectivity index (χ2n) is 4.14. The number of benzene rings is 1. The first-order chi connectivity index (χ1) is 8.58. The van der Waals surface area contributed by atoms with E-state index in [1.807, 2.05) is 6.92 Å². The monoisotopic (exact) mass is 271 g/mol. The molecule has 2 N–H and O–H groups in total. The molecular weight excluding hydrogens is 253 g/mol. The number of nitrogens with one attached hydrogen (secondary N) is 1. The smallest absolute Gasteiger partial charge is 0.256 e. The van der Waals surface area contributed by atoms with Gasteiger partial charge in [-0.25, -0.2) is 9.87 Å². The molecule has 0 aliphatic carbocycles. The number of hydrogen-bond acceptors (Lipinski definition) is 3. The van der Waals surface area contributed by atoms with Crippen molar-refractivity contribution in [3.8, 4) is 0 Å². The van der Waals surface area contributed by atoms with Crippen molar-refractivity contribution in [3.05, 3.63) is 29.6 Å². The van der Waals surface area contributed by atoms with Gasteiger partial charge in [0.05, 0.1) is 5.25 Å². The molecule has 1 rings (SSSR count). The number of hydroxylamine groups is 1. The van der Waals surface area contributed by atoms with Crippen LogP contribution in [0.4, 0.5) is 4.39 Å². The molecule has 0 saturated heterocycles. The molecule has 0 heterocycles. The highest BCUT2D eigenvalue weighted by atomic mass is 32.2. The van der Waals surface area contributed by atoms with Crippen LogP contribution < -0.4 is 5.48 Å². The van der Waals surface area contributed by atoms with E-state index in [1.54, 1.807) is 24.5 Å². The minimum atomic E-state index is -0.407. The fourth-order valence-corrected chi connectivity index (χ4v) is 2.72. The third kappa shape index (κ3) is 4.31. The number of aryl methyl sites for hydroxylation is 1. The maximum atomic E-state index is 13.1. The Morgan fingerprint density at radius 3 is 2.83 bits per heavy atom. The van der Waals surface area contributed by atoms with Gasteiger partial charge in [-0.05, 0) is 37.1 Å². The Kier molecular flexibility index (Phi) is 6.15. The lowest BCUT2D eigenvalue weighted by atomic mass is 10.2. The number of carbonyl (C=O) groups is 1. The quantitative estimate of drug-likeness (QED) is 0.474. The fraction of sp³-hybridized carbons (Fsp3) is 0.462. The molecule has 1 aromatic carbocycles. The zero-order chi connectivity index (χ0) is 13.5. The average Bonchev–Trinajstić information content (AvgIpc) is 2.37. The number of halogens is 1. The Bertz CT molecular complexity index is 412. The van der Waals surface area contributed by atoms with Gasteiger partial charge in [0.25, 0.3) is 5.91 Å². The van der Waals surface area contributed by atoms with Gasteiger partial charge in [-0.2, -0.15) is 0 Å². The molecular formula is C13H18FNO2S. The molecule has 100 valence electrons. The van der Waals surface area contributed by atoms with Crippen LogP contribution >= 0.6 is 11.8 Å². The lowest BCUT2D eigenvalue weighted by molar-refractivity contribution is -0.128. The Morgan fingerprint density at radius 2 is 2.28 bits per heavy atom. The third-order valence-corrected chi connectivity index (χ3v) is 3.89. The Morgan fingerprint density at radius 1 is 1.56 bits per heavy atom. The highest BCUT2D eigenvalue weighted by molar-refractivity contribution is 8.00. The van der Waals surface area contributed by atoms with Crippen molar-refractivity contribution in [2.24, 2.45) is 0 Å². The van der Waals surface area contributed by atoms with Gasteiger partial charge in [0.1, 0.15) is 5.82 Å². The molecule has 0 spiro atoms. The summed E-state index contributed by atoms with van der Waals surface area (Å²) in [6.07, 6.45) is 2.58. The highest BCUT2D eigenvalue weighted by Crippen LogP contribution is 2.28. The van der Waals surface area contributed by atoms with E-state index in [0.717, 1.165) is 17.7 Å². The van der Waals surface area contributed by atoms with Gasteiger partial charge in [0, 0.05) is 4.90 Å². The molecule has 0 radical (unpaired) electrons. The number of carbonyl (C=O) groups excluding carboxylic acids is 1. The Labute approximate surface area is 111 Å². The van der Waals surface area contributed by atoms with Crippen LogP contribution in [0.1, 0.15) is 31.7 Å². The van der Waals surface area contributed by atoms with Gasteiger partial charge in [-0.3, -0.25) is 10.0 Å². The standard InChI is InChI=1S/C13H18FNO2S/c1-3-4-5-12(13(16)15-17)18-10-6-7-11(14)9(2)8-10/h6-8,12,17H,3-5H2,1-2H3,(H,15,16)/t12-/m1/s1. The lowest BCUT2D eigenvalue weighted by Gasteiger charge is -2.14. The van der Waals surface area contributed by atoms with Crippen molar-refractivity contribution < 1.29 is 14.4 Å². The summed E-state index contributed by atoms with van der Waals surface area (Å²) in [7, 11) is 0. The first-order valence-corrected chi connectivity index (χ1v) is 6.83. The molecule has 1 atom stereocenters. The van der Waals surface area contributed by atoms with E-state index in [-0.39, 0.29) is 11.1 Å². The summed E-state index contributed by atoms with van der Waals surface area (Å²) in [5, 5.41) is 8.36. The number of unbranched alkanes of at least 4 members (excludes halogenated alkanes) is 1. The van der Waals surface area contributed by atoms with Crippen molar-refractivity contribution in [1.29, 1.82) is 0 Å². The normalized spacial score (nSPS) is 12.2. The number of rotatable bonds is 6. The number of amides is 1. The number of thioether (sulfide) groups is 1. The zero-order valence-corrected chi connectivity index (χ0v) is 11.4. The third-order valence-electron chi connectivity index (χ3n) is 2.63. The highest BCUT2D eigenvalue weighted by Gasteiger charge is 2.19. The second-order valence-corrected chi connectivity index (χ2v) is 5.41. The molecule has 0 aliphatic heterocycles. The van der Waals surface area contributed by atoms with Crippen molar-refractivity contribution in [2.75, 3.05) is 0 Å². The van der Waals surface area contributed by atoms with Crippen molar-refractivity contribution in [2.45, 2.75) is 43.3 Å². The van der Waals surface area contributed by atoms with Gasteiger partial charge in [0.15, 0.2) is 0 Å². The first-order valence-electron chi connectivity index (χ1n) is 5.95. The van der Waals surface area contributed by atoms with E-state index < -0.39 is 5.91 Å². The average molecular weight is 271 g/mol. The van der Waals surface area contributed by atoms with Crippen LogP contribution in [0.5, 0.6) is 0 Å². The second kappa shape index (κ2) is 7.38. The predicted molar refractivity (Wildman–Crippen MR) is 70.2 cm³/mol. The SMILES string of the molecule is CCCC[C@@H](Sc1ccc(F)c(C)c1)C(=O)NO. The summed E-state index contributed by atoms with van der Waals surface area (Å²) in [6.45, 7) is 3.73. The molecule has 1 amide bonds. The lowest BCUT2D eigenvalue weighted by Crippen LogP contribution is -2.30. The van der Waals surface area contributed by atoms with Crippen LogP contribution in [-0.2, 0) is 4.79 Å². The Hall–Kier alpha value is -1.07. The van der Waals surface area contributed by atoms with E-state index in [4.69, 9.17) is 5.21 Å². The minimum absolute atomic E-state index is 0.254. The molecule has 0 saturated carbocycles. The summed E-state index contributed by atoms with van der Waals surface area (Å²) in [5.41, 5.74) is 2.24. The van der Waals surface area contributed by atoms with Crippen LogP contribution in [0.25, 0.3) is 0 Å². The van der Waals surface area contributed by atoms with Crippen LogP contribution in [0.3, 0.4) is 0 Å². The molecule has 18 heavy (non-hydrogen) atoms. The van der Waals surface area contributed by atoms with Crippen molar-refractivity contribution >= 4 is 17.7 Å². The molecule has 0 bridgehead atoms. The largest absolute Gasteiger partial charge is 0.289 e. The summed E-state index contributed by atoms with van der Waals surface area (Å²) in [5.74, 6) is -0.661. The summed E-state index contributed by atoms with van der Waals surface area (Å²) >= 11 is 1.35. The molecule has 0 aliphatic rings. The van der Waals surface area contributed by atoms with Crippen LogP contribution in [-0.4, -0.2) is 16.4 Å². The van der Waals surface area contributed by atoms with Gasteiger partial charge < -0.3 is 0 Å². The van der Waals surface area contributed by atoms with E-state index in [0.29, 0.717) is 12.0 Å². The van der Waals surface area contributed by atoms with E-state index in [9.17, 15) is 9.18 Å². The Balaban J connectivity index is 2.75. The van der Waals surface area contributed by atoms with Gasteiger partial charge >= 0.3 is 0 Å². The predicted octanol–water partition coefficient (Wildman–Crippen LogP) is 3.29. The minimum Gasteiger partial charge on any atom is -0.289 e. The van der Waals surface area contributed by atoms with Gasteiger partial charge in [0.2, 0.25) is 0 Å². The molecule has 0 aromatic heterocycles. The molecule has 5 heteroatoms. The van der Waals surface area contributed by atoms with Crippen LogP contribution in [0, 0.1) is 12.7 Å². The zero-order valence-electron chi connectivity index (χ0n) is 10.6. The maximum Gasteiger partial charge on any atom is 0.256 e. The molecule has 1 aromatic rings. The summed E-state index contributed by atoms with van der Waals surface area (Å²) in [4.78, 5) is 12.4. The van der Waals surface area contributed by atoms with Crippen molar-refractivity contribution in [3.63, 3.8) is 0 Å². The topological polar surface area (TPSA) is 49.3 Å². The van der Waals surface area contributed by atoms with E-state index >= 15 is 0 Å². The molecule has 0 unspecified atom stereocenters. The van der Waals surface area contributed by atoms with Crippen LogP contribution in [0.15, 0.2) is 23.1 Å². The van der Waals surface area contributed by atoms with Gasteiger partial charge in [-0.15, -0.1) is 11.8 Å². The fourth-order valence-electron chi connectivity index (χ4n) is 1.56. The summed E-state index contributed by atoms with van der Waals surface area (Å²) < 4.78 is 13.1. The van der Waals surface area contributed by atoms with E-state index in [2.05, 4.69) is 0 Å². The first kappa shape index (κ1) is 15.0. The van der Waals surface area contributed by atoms with Crippen molar-refractivity contribution in [1.82, 2.24) is 5.48 Å². The van der Waals surface area contributed by atoms with Gasteiger partial charge in [-0.1, -0.05) is 19.8 Å². The van der Waals surface area contributed by atoms with E-state index in [1.165, 1.54) is 17.8 Å². The number of hydrogen-bond donors (Lipinski definition) is 2.